The van der Waals surface area contributed by atoms with Crippen molar-refractivity contribution in [3.05, 3.63) is 0 Å². The van der Waals surface area contributed by atoms with Gasteiger partial charge in [0.15, 0.2) is 0 Å². The molecule has 3 rings (SSSR count). The zero-order chi connectivity index (χ0) is 12.9. The van der Waals surface area contributed by atoms with Gasteiger partial charge in [0.25, 0.3) is 5.91 Å². The Kier molecular flexibility index (Phi) is 2.81. The molecule has 2 bridgehead atoms. The molecule has 3 saturated heterocycles. The standard InChI is InChI=1S/C13H20N2O3/c1-3-7(2)11-12(16)15(13(17)14-11)9-6-8-4-5-10(9)18-8/h7-11H,3-6H2,1-2H3,(H,14,17)/t7-,8?,9?,10?,11-/m0/s1. The number of nitrogens with one attached hydrogen (secondary N) is 1. The van der Waals surface area contributed by atoms with E-state index in [4.69, 9.17) is 4.74 Å². The number of urea groups is 1. The van der Waals surface area contributed by atoms with Gasteiger partial charge in [-0.2, -0.15) is 0 Å². The van der Waals surface area contributed by atoms with E-state index in [1.165, 1.54) is 4.90 Å². The lowest BCUT2D eigenvalue weighted by molar-refractivity contribution is -0.130. The molecule has 18 heavy (non-hydrogen) atoms. The molecule has 3 unspecified atom stereocenters. The van der Waals surface area contributed by atoms with Crippen LogP contribution in [0.5, 0.6) is 0 Å². The van der Waals surface area contributed by atoms with E-state index < -0.39 is 0 Å². The number of rotatable bonds is 3. The van der Waals surface area contributed by atoms with Crippen LogP contribution in [0.1, 0.15) is 39.5 Å². The second-order valence-electron chi connectivity index (χ2n) is 5.70. The lowest BCUT2D eigenvalue weighted by Crippen LogP contribution is -2.46. The summed E-state index contributed by atoms with van der Waals surface area (Å²) in [7, 11) is 0. The van der Waals surface area contributed by atoms with Crippen molar-refractivity contribution in [2.75, 3.05) is 0 Å². The van der Waals surface area contributed by atoms with E-state index in [0.29, 0.717) is 0 Å². The van der Waals surface area contributed by atoms with Gasteiger partial charge in [0.2, 0.25) is 0 Å². The Balaban J connectivity index is 1.77. The molecule has 3 amide bonds. The summed E-state index contributed by atoms with van der Waals surface area (Å²) in [6, 6.07) is -0.613. The molecule has 0 aliphatic carbocycles. The van der Waals surface area contributed by atoms with E-state index in [2.05, 4.69) is 5.32 Å². The lowest BCUT2D eigenvalue weighted by Gasteiger charge is -2.26. The maximum atomic E-state index is 12.4. The van der Waals surface area contributed by atoms with Crippen LogP contribution in [0.25, 0.3) is 0 Å². The van der Waals surface area contributed by atoms with Crippen molar-refractivity contribution >= 4 is 11.9 Å². The Morgan fingerprint density at radius 3 is 2.78 bits per heavy atom. The lowest BCUT2D eigenvalue weighted by atomic mass is 9.93. The van der Waals surface area contributed by atoms with Crippen LogP contribution < -0.4 is 5.32 Å². The van der Waals surface area contributed by atoms with E-state index in [-0.39, 0.29) is 42.1 Å². The molecule has 1 N–H and O–H groups in total. The zero-order valence-electron chi connectivity index (χ0n) is 10.9. The highest BCUT2D eigenvalue weighted by Gasteiger charge is 2.51. The molecule has 0 aromatic rings. The third-order valence-corrected chi connectivity index (χ3v) is 4.62. The molecule has 3 aliphatic rings. The van der Waals surface area contributed by atoms with Crippen molar-refractivity contribution in [3.63, 3.8) is 0 Å². The van der Waals surface area contributed by atoms with Crippen molar-refractivity contribution in [2.45, 2.75) is 63.8 Å². The fraction of sp³-hybridized carbons (Fsp3) is 0.846. The molecule has 100 valence electrons. The first-order valence-corrected chi connectivity index (χ1v) is 6.90. The molecule has 5 nitrogen and oxygen atoms in total. The van der Waals surface area contributed by atoms with Crippen LogP contribution in [-0.4, -0.2) is 41.1 Å². The number of hydrogen-bond donors (Lipinski definition) is 1. The topological polar surface area (TPSA) is 58.6 Å². The Morgan fingerprint density at radius 2 is 2.22 bits per heavy atom. The summed E-state index contributed by atoms with van der Waals surface area (Å²) in [6.45, 7) is 4.04. The molecular weight excluding hydrogens is 232 g/mol. The fourth-order valence-electron chi connectivity index (χ4n) is 3.33. The van der Waals surface area contributed by atoms with Gasteiger partial charge in [-0.15, -0.1) is 0 Å². The SMILES string of the molecule is CC[C@H](C)[C@@H]1NC(=O)N(C2CC3CCC2O3)C1=O. The monoisotopic (exact) mass is 252 g/mol. The molecule has 0 aromatic carbocycles. The minimum Gasteiger partial charge on any atom is -0.373 e. The minimum atomic E-state index is -0.346. The summed E-state index contributed by atoms with van der Waals surface area (Å²) in [6.07, 6.45) is 4.07. The van der Waals surface area contributed by atoms with Gasteiger partial charge in [-0.05, 0) is 25.2 Å². The molecule has 3 fully saturated rings. The number of ether oxygens (including phenoxy) is 1. The first-order valence-electron chi connectivity index (χ1n) is 6.90. The molecule has 5 atom stereocenters. The number of amides is 3. The second kappa shape index (κ2) is 4.23. The molecule has 3 heterocycles. The summed E-state index contributed by atoms with van der Waals surface area (Å²) >= 11 is 0. The first kappa shape index (κ1) is 12.0. The number of carbonyl (C=O) groups excluding carboxylic acids is 2. The highest BCUT2D eigenvalue weighted by Crippen LogP contribution is 2.38. The third-order valence-electron chi connectivity index (χ3n) is 4.62. The summed E-state index contributed by atoms with van der Waals surface area (Å²) in [5.74, 6) is 0.126. The van der Waals surface area contributed by atoms with Gasteiger partial charge >= 0.3 is 6.03 Å². The predicted octanol–water partition coefficient (Wildman–Crippen LogP) is 1.27. The van der Waals surface area contributed by atoms with Gasteiger partial charge in [-0.25, -0.2) is 4.79 Å². The molecular formula is C13H20N2O3. The van der Waals surface area contributed by atoms with Crippen molar-refractivity contribution in [1.29, 1.82) is 0 Å². The highest BCUT2D eigenvalue weighted by molar-refractivity contribution is 6.04. The van der Waals surface area contributed by atoms with Crippen molar-refractivity contribution in [2.24, 2.45) is 5.92 Å². The molecule has 0 saturated carbocycles. The number of nitrogens with zero attached hydrogens (tertiary/aromatic N) is 1. The fourth-order valence-corrected chi connectivity index (χ4v) is 3.33. The van der Waals surface area contributed by atoms with E-state index in [9.17, 15) is 9.59 Å². The first-order chi connectivity index (χ1) is 8.61. The van der Waals surface area contributed by atoms with E-state index >= 15 is 0 Å². The molecule has 5 heteroatoms. The van der Waals surface area contributed by atoms with Crippen LogP contribution >= 0.6 is 0 Å². The van der Waals surface area contributed by atoms with Crippen LogP contribution in [0.15, 0.2) is 0 Å². The van der Waals surface area contributed by atoms with Gasteiger partial charge in [0.1, 0.15) is 6.04 Å². The van der Waals surface area contributed by atoms with Crippen molar-refractivity contribution in [3.8, 4) is 0 Å². The van der Waals surface area contributed by atoms with Gasteiger partial charge in [-0.3, -0.25) is 9.69 Å². The Bertz CT molecular complexity index is 384. The third kappa shape index (κ3) is 1.64. The normalized spacial score (nSPS) is 40.4. The summed E-state index contributed by atoms with van der Waals surface area (Å²) in [5.41, 5.74) is 0. The summed E-state index contributed by atoms with van der Waals surface area (Å²) in [4.78, 5) is 25.8. The maximum absolute atomic E-state index is 12.4. The molecule has 0 radical (unpaired) electrons. The van der Waals surface area contributed by atoms with Gasteiger partial charge < -0.3 is 10.1 Å². The van der Waals surface area contributed by atoms with Crippen LogP contribution in [0, 0.1) is 5.92 Å². The zero-order valence-corrected chi connectivity index (χ0v) is 10.9. The number of hydrogen-bond acceptors (Lipinski definition) is 3. The van der Waals surface area contributed by atoms with Crippen LogP contribution in [0.3, 0.4) is 0 Å². The molecule has 0 spiro atoms. The van der Waals surface area contributed by atoms with Crippen LogP contribution in [0.2, 0.25) is 0 Å². The minimum absolute atomic E-state index is 0.0368. The average molecular weight is 252 g/mol. The van der Waals surface area contributed by atoms with Gasteiger partial charge in [0.05, 0.1) is 18.2 Å². The van der Waals surface area contributed by atoms with E-state index in [1.807, 2.05) is 13.8 Å². The smallest absolute Gasteiger partial charge is 0.325 e. The number of imide groups is 1. The Morgan fingerprint density at radius 1 is 1.44 bits per heavy atom. The predicted molar refractivity (Wildman–Crippen MR) is 64.9 cm³/mol. The Labute approximate surface area is 107 Å². The van der Waals surface area contributed by atoms with Gasteiger partial charge in [0, 0.05) is 0 Å². The molecule has 0 aromatic heterocycles. The highest BCUT2D eigenvalue weighted by atomic mass is 16.5. The Hall–Kier alpha value is -1.10. The second-order valence-corrected chi connectivity index (χ2v) is 5.70. The largest absolute Gasteiger partial charge is 0.373 e. The van der Waals surface area contributed by atoms with Crippen molar-refractivity contribution < 1.29 is 14.3 Å². The maximum Gasteiger partial charge on any atom is 0.325 e. The quantitative estimate of drug-likeness (QED) is 0.770. The average Bonchev–Trinajstić information content (AvgIpc) is 3.03. The number of carbonyl (C=O) groups is 2. The number of fused-ring (bicyclic) bond motifs is 2. The summed E-state index contributed by atoms with van der Waals surface area (Å²) in [5, 5.41) is 2.82. The van der Waals surface area contributed by atoms with E-state index in [1.54, 1.807) is 0 Å². The van der Waals surface area contributed by atoms with Crippen LogP contribution in [0.4, 0.5) is 4.79 Å². The van der Waals surface area contributed by atoms with Gasteiger partial charge in [-0.1, -0.05) is 20.3 Å². The summed E-state index contributed by atoms with van der Waals surface area (Å²) < 4.78 is 5.74. The van der Waals surface area contributed by atoms with Crippen LogP contribution in [-0.2, 0) is 9.53 Å². The van der Waals surface area contributed by atoms with E-state index in [0.717, 1.165) is 25.7 Å². The molecule has 3 aliphatic heterocycles. The van der Waals surface area contributed by atoms with Crippen molar-refractivity contribution in [1.82, 2.24) is 10.2 Å².